The number of carbonyl (C=O) groups is 3. The van der Waals surface area contributed by atoms with E-state index in [-0.39, 0.29) is 29.6 Å². The van der Waals surface area contributed by atoms with E-state index in [1.54, 1.807) is 24.3 Å². The second kappa shape index (κ2) is 8.50. The monoisotopic (exact) mass is 512 g/mol. The lowest BCUT2D eigenvalue weighted by Crippen LogP contribution is -2.49. The van der Waals surface area contributed by atoms with E-state index in [1.807, 2.05) is 62.4 Å². The maximum atomic E-state index is 14.5. The standard InChI is InChI=1S/C34H28N2O3/c1-3-20-12-4-10-18-26(20)35-31(37)25-17-9-11-19-27(25)36-32(38)30-28-21-13-5-7-15-23(21)29(34(30,2)33(36)39)24-16-8-6-14-22(24)28/h4-19,28-30H,3H2,1-2H3,(H,35,37)/t28?,29?,30-,34+/m0/s1. The van der Waals surface area contributed by atoms with Gasteiger partial charge >= 0.3 is 0 Å². The lowest BCUT2D eigenvalue weighted by molar-refractivity contribution is -0.128. The molecule has 0 aromatic heterocycles. The number of benzene rings is 4. The summed E-state index contributed by atoms with van der Waals surface area (Å²) in [4.78, 5) is 43.8. The Kier molecular flexibility index (Phi) is 5.14. The largest absolute Gasteiger partial charge is 0.322 e. The summed E-state index contributed by atoms with van der Waals surface area (Å²) in [6.45, 7) is 3.98. The van der Waals surface area contributed by atoms with Gasteiger partial charge in [0.1, 0.15) is 0 Å². The van der Waals surface area contributed by atoms with Gasteiger partial charge in [-0.3, -0.25) is 14.4 Å². The third-order valence-electron chi connectivity index (χ3n) is 9.05. The highest BCUT2D eigenvalue weighted by atomic mass is 16.2. The molecule has 4 aromatic carbocycles. The van der Waals surface area contributed by atoms with Crippen LogP contribution in [0.3, 0.4) is 0 Å². The number of hydrogen-bond acceptors (Lipinski definition) is 3. The molecule has 1 N–H and O–H groups in total. The molecule has 4 aliphatic rings. The van der Waals surface area contributed by atoms with Crippen molar-refractivity contribution in [3.63, 3.8) is 0 Å². The molecule has 0 unspecified atom stereocenters. The van der Waals surface area contributed by atoms with Gasteiger partial charge in [-0.1, -0.05) is 85.8 Å². The van der Waals surface area contributed by atoms with E-state index in [0.29, 0.717) is 11.3 Å². The Morgan fingerprint density at radius 3 is 2.03 bits per heavy atom. The van der Waals surface area contributed by atoms with Crippen LogP contribution >= 0.6 is 0 Å². The number of para-hydroxylation sites is 2. The van der Waals surface area contributed by atoms with Crippen LogP contribution in [0.2, 0.25) is 0 Å². The molecule has 0 radical (unpaired) electrons. The van der Waals surface area contributed by atoms with Crippen LogP contribution < -0.4 is 10.2 Å². The number of amides is 3. The molecule has 3 aliphatic carbocycles. The molecule has 3 amide bonds. The zero-order chi connectivity index (χ0) is 26.9. The average Bonchev–Trinajstić information content (AvgIpc) is 3.18. The van der Waals surface area contributed by atoms with E-state index >= 15 is 0 Å². The summed E-state index contributed by atoms with van der Waals surface area (Å²) in [7, 11) is 0. The van der Waals surface area contributed by atoms with Crippen molar-refractivity contribution in [3.05, 3.63) is 130 Å². The van der Waals surface area contributed by atoms with Gasteiger partial charge in [0.25, 0.3) is 5.91 Å². The molecule has 39 heavy (non-hydrogen) atoms. The lowest BCUT2D eigenvalue weighted by Gasteiger charge is -2.51. The Morgan fingerprint density at radius 1 is 0.795 bits per heavy atom. The minimum Gasteiger partial charge on any atom is -0.322 e. The fourth-order valence-electron chi connectivity index (χ4n) is 7.34. The van der Waals surface area contributed by atoms with E-state index in [9.17, 15) is 14.4 Å². The van der Waals surface area contributed by atoms with Crippen LogP contribution in [0.4, 0.5) is 11.4 Å². The summed E-state index contributed by atoms with van der Waals surface area (Å²) < 4.78 is 0. The van der Waals surface area contributed by atoms with Gasteiger partial charge in [0.2, 0.25) is 11.8 Å². The zero-order valence-corrected chi connectivity index (χ0v) is 21.8. The SMILES string of the molecule is CCc1ccccc1NC(=O)c1ccccc1N1C(=O)[C@@H]2C3c4ccccc4C(c4ccccc43)[C@@]2(C)C1=O. The van der Waals surface area contributed by atoms with Crippen LogP contribution in [0.5, 0.6) is 0 Å². The molecule has 2 bridgehead atoms. The Morgan fingerprint density at radius 2 is 1.36 bits per heavy atom. The number of carbonyl (C=O) groups excluding carboxylic acids is 3. The smallest absolute Gasteiger partial charge is 0.257 e. The molecule has 1 aliphatic heterocycles. The normalized spacial score (nSPS) is 24.3. The first-order valence-electron chi connectivity index (χ1n) is 13.5. The minimum atomic E-state index is -0.956. The van der Waals surface area contributed by atoms with Gasteiger partial charge in [-0.15, -0.1) is 0 Å². The van der Waals surface area contributed by atoms with Crippen molar-refractivity contribution in [2.45, 2.75) is 32.1 Å². The molecule has 1 fully saturated rings. The molecule has 2 atom stereocenters. The zero-order valence-electron chi connectivity index (χ0n) is 21.8. The van der Waals surface area contributed by atoms with Crippen LogP contribution in [0.25, 0.3) is 0 Å². The first-order chi connectivity index (χ1) is 19.0. The van der Waals surface area contributed by atoms with Crippen LogP contribution in [0, 0.1) is 11.3 Å². The van der Waals surface area contributed by atoms with Gasteiger partial charge in [-0.2, -0.15) is 0 Å². The Labute approximate surface area is 227 Å². The van der Waals surface area contributed by atoms with Crippen molar-refractivity contribution in [1.29, 1.82) is 0 Å². The van der Waals surface area contributed by atoms with Crippen LogP contribution in [-0.2, 0) is 16.0 Å². The predicted octanol–water partition coefficient (Wildman–Crippen LogP) is 6.29. The van der Waals surface area contributed by atoms with Gasteiger partial charge in [-0.25, -0.2) is 4.90 Å². The first kappa shape index (κ1) is 23.6. The summed E-state index contributed by atoms with van der Waals surface area (Å²) in [5.41, 5.74) is 5.89. The predicted molar refractivity (Wildman–Crippen MR) is 151 cm³/mol. The molecule has 1 saturated heterocycles. The second-order valence-corrected chi connectivity index (χ2v) is 10.9. The summed E-state index contributed by atoms with van der Waals surface area (Å²) in [5, 5.41) is 3.01. The van der Waals surface area contributed by atoms with Crippen molar-refractivity contribution in [2.24, 2.45) is 11.3 Å². The molecule has 5 heteroatoms. The van der Waals surface area contributed by atoms with Crippen LogP contribution in [-0.4, -0.2) is 17.7 Å². The molecule has 0 saturated carbocycles. The Balaban J connectivity index is 1.34. The van der Waals surface area contributed by atoms with Crippen molar-refractivity contribution < 1.29 is 14.4 Å². The quantitative estimate of drug-likeness (QED) is 0.327. The highest BCUT2D eigenvalue weighted by Gasteiger charge is 2.69. The Bertz CT molecular complexity index is 1640. The molecule has 8 rings (SSSR count). The Hall–Kier alpha value is -4.51. The maximum Gasteiger partial charge on any atom is 0.257 e. The molecular formula is C34H28N2O3. The number of anilines is 2. The first-order valence-corrected chi connectivity index (χ1v) is 13.5. The molecule has 1 heterocycles. The summed E-state index contributed by atoms with van der Waals surface area (Å²) in [5.74, 6) is -1.83. The molecule has 192 valence electrons. The summed E-state index contributed by atoms with van der Waals surface area (Å²) in [6, 6.07) is 31.0. The summed E-state index contributed by atoms with van der Waals surface area (Å²) in [6.07, 6.45) is 0.769. The van der Waals surface area contributed by atoms with Crippen molar-refractivity contribution in [3.8, 4) is 0 Å². The van der Waals surface area contributed by atoms with Gasteiger partial charge in [0.05, 0.1) is 22.6 Å². The third-order valence-corrected chi connectivity index (χ3v) is 9.05. The third kappa shape index (κ3) is 3.10. The minimum absolute atomic E-state index is 0.216. The molecule has 0 spiro atoms. The number of aryl methyl sites for hydroxylation is 1. The van der Waals surface area contributed by atoms with Crippen LogP contribution in [0.1, 0.15) is 63.9 Å². The van der Waals surface area contributed by atoms with Gasteiger partial charge in [-0.05, 0) is 59.4 Å². The molecule has 5 nitrogen and oxygen atoms in total. The van der Waals surface area contributed by atoms with E-state index in [0.717, 1.165) is 39.9 Å². The second-order valence-electron chi connectivity index (χ2n) is 10.9. The van der Waals surface area contributed by atoms with E-state index in [2.05, 4.69) is 29.6 Å². The fraction of sp³-hybridized carbons (Fsp3) is 0.206. The summed E-state index contributed by atoms with van der Waals surface area (Å²) >= 11 is 0. The number of nitrogens with one attached hydrogen (secondary N) is 1. The fourth-order valence-corrected chi connectivity index (χ4v) is 7.34. The van der Waals surface area contributed by atoms with Gasteiger partial charge in [0, 0.05) is 17.5 Å². The topological polar surface area (TPSA) is 66.5 Å². The highest BCUT2D eigenvalue weighted by molar-refractivity contribution is 6.27. The maximum absolute atomic E-state index is 14.5. The van der Waals surface area contributed by atoms with Crippen molar-refractivity contribution in [1.82, 2.24) is 0 Å². The molecule has 4 aromatic rings. The van der Waals surface area contributed by atoms with Gasteiger partial charge < -0.3 is 5.32 Å². The highest BCUT2D eigenvalue weighted by Crippen LogP contribution is 2.67. The number of nitrogens with zero attached hydrogens (tertiary/aromatic N) is 1. The van der Waals surface area contributed by atoms with E-state index in [1.165, 1.54) is 4.90 Å². The van der Waals surface area contributed by atoms with Crippen molar-refractivity contribution >= 4 is 29.1 Å². The number of hydrogen-bond donors (Lipinski definition) is 1. The number of imide groups is 1. The number of rotatable bonds is 4. The van der Waals surface area contributed by atoms with Crippen molar-refractivity contribution in [2.75, 3.05) is 10.2 Å². The van der Waals surface area contributed by atoms with Crippen LogP contribution in [0.15, 0.2) is 97.1 Å². The average molecular weight is 513 g/mol. The van der Waals surface area contributed by atoms with E-state index in [4.69, 9.17) is 0 Å². The van der Waals surface area contributed by atoms with E-state index < -0.39 is 11.3 Å². The lowest BCUT2D eigenvalue weighted by atomic mass is 9.48. The van der Waals surface area contributed by atoms with Gasteiger partial charge in [0.15, 0.2) is 0 Å². The molecular weight excluding hydrogens is 484 g/mol.